The summed E-state index contributed by atoms with van der Waals surface area (Å²) < 4.78 is 0. The molecule has 0 spiro atoms. The highest BCUT2D eigenvalue weighted by Gasteiger charge is 2.35. The molecule has 6 nitrogen and oxygen atoms in total. The van der Waals surface area contributed by atoms with Crippen molar-refractivity contribution in [1.82, 2.24) is 9.80 Å². The number of hydrogen-bond donors (Lipinski definition) is 0. The van der Waals surface area contributed by atoms with Crippen LogP contribution < -0.4 is 0 Å². The number of benzene rings is 1. The van der Waals surface area contributed by atoms with E-state index >= 15 is 0 Å². The molecule has 0 bridgehead atoms. The smallest absolute Gasteiger partial charge is 0.274 e. The zero-order valence-electron chi connectivity index (χ0n) is 15.9. The zero-order chi connectivity index (χ0) is 19.6. The largest absolute Gasteiger partial charge is 0.341 e. The lowest BCUT2D eigenvalue weighted by Gasteiger charge is -2.42. The van der Waals surface area contributed by atoms with Gasteiger partial charge in [-0.2, -0.15) is 0 Å². The molecule has 1 aromatic rings. The lowest BCUT2D eigenvalue weighted by molar-refractivity contribution is -0.385. The second-order valence-electron chi connectivity index (χ2n) is 7.50. The molecule has 0 N–H and O–H groups in total. The van der Waals surface area contributed by atoms with Crippen LogP contribution in [-0.2, 0) is 11.2 Å². The second kappa shape index (κ2) is 10.1. The van der Waals surface area contributed by atoms with E-state index in [1.165, 1.54) is 31.4 Å². The summed E-state index contributed by atoms with van der Waals surface area (Å²) in [5.41, 5.74) is 0.144. The number of nitrogens with zero attached hydrogens (tertiary/aromatic N) is 3. The Hall–Kier alpha value is -1.08. The van der Waals surface area contributed by atoms with Crippen LogP contribution in [0, 0.1) is 10.1 Å². The SMILES string of the molecule is CN(C(=O)Cc1cc(Cl)c(Cl)cc1[N+](=O)[O-])[C@@H]1CCCC[C@H]1N1CCCC1.Cl. The lowest BCUT2D eigenvalue weighted by Crippen LogP contribution is -2.53. The molecule has 9 heteroatoms. The third-order valence-corrected chi connectivity index (χ3v) is 6.58. The Morgan fingerprint density at radius 3 is 2.43 bits per heavy atom. The molecule has 2 atom stereocenters. The van der Waals surface area contributed by atoms with Gasteiger partial charge in [-0.05, 0) is 44.8 Å². The first-order valence-electron chi connectivity index (χ1n) is 9.50. The van der Waals surface area contributed by atoms with Crippen LogP contribution in [0.2, 0.25) is 10.0 Å². The van der Waals surface area contributed by atoms with Crippen molar-refractivity contribution in [2.75, 3.05) is 20.1 Å². The summed E-state index contributed by atoms with van der Waals surface area (Å²) in [6.07, 6.45) is 6.78. The summed E-state index contributed by atoms with van der Waals surface area (Å²) in [7, 11) is 1.82. The lowest BCUT2D eigenvalue weighted by atomic mass is 9.88. The molecule has 0 radical (unpaired) electrons. The van der Waals surface area contributed by atoms with Crippen LogP contribution in [0.5, 0.6) is 0 Å². The number of likely N-dealkylation sites (tertiary alicyclic amines) is 1. The van der Waals surface area contributed by atoms with E-state index in [0.29, 0.717) is 11.6 Å². The van der Waals surface area contributed by atoms with Crippen LogP contribution in [0.3, 0.4) is 0 Å². The molecule has 0 aromatic heterocycles. The third-order valence-electron chi connectivity index (χ3n) is 5.85. The van der Waals surface area contributed by atoms with Crippen LogP contribution in [-0.4, -0.2) is 52.9 Å². The number of nitro benzene ring substituents is 1. The van der Waals surface area contributed by atoms with E-state index < -0.39 is 4.92 Å². The Morgan fingerprint density at radius 2 is 1.79 bits per heavy atom. The van der Waals surface area contributed by atoms with Crippen molar-refractivity contribution in [3.05, 3.63) is 37.9 Å². The summed E-state index contributed by atoms with van der Waals surface area (Å²) >= 11 is 11.9. The van der Waals surface area contributed by atoms with E-state index in [9.17, 15) is 14.9 Å². The first-order chi connectivity index (χ1) is 12.9. The molecule has 156 valence electrons. The van der Waals surface area contributed by atoms with E-state index in [2.05, 4.69) is 4.90 Å². The minimum Gasteiger partial charge on any atom is -0.341 e. The van der Waals surface area contributed by atoms with Crippen molar-refractivity contribution in [2.24, 2.45) is 0 Å². The number of carbonyl (C=O) groups excluding carboxylic acids is 1. The van der Waals surface area contributed by atoms with Crippen molar-refractivity contribution in [3.63, 3.8) is 0 Å². The van der Waals surface area contributed by atoms with E-state index in [1.807, 2.05) is 7.05 Å². The maximum Gasteiger partial charge on any atom is 0.274 e. The molecule has 2 fully saturated rings. The van der Waals surface area contributed by atoms with E-state index in [-0.39, 0.29) is 46.5 Å². The molecule has 1 saturated carbocycles. The first kappa shape index (κ1) is 23.2. The summed E-state index contributed by atoms with van der Waals surface area (Å²) in [4.78, 5) is 28.1. The summed E-state index contributed by atoms with van der Waals surface area (Å²) in [6, 6.07) is 3.21. The van der Waals surface area contributed by atoms with Gasteiger partial charge in [0.05, 0.1) is 21.4 Å². The molecule has 1 saturated heterocycles. The fourth-order valence-corrected chi connectivity index (χ4v) is 4.75. The molecule has 1 amide bonds. The minimum absolute atomic E-state index is 0. The molecule has 1 aromatic carbocycles. The zero-order valence-corrected chi connectivity index (χ0v) is 18.2. The van der Waals surface area contributed by atoms with Gasteiger partial charge in [-0.3, -0.25) is 19.8 Å². The number of rotatable bonds is 5. The molecular formula is C19H26Cl3N3O3. The fraction of sp³-hybridized carbons (Fsp3) is 0.632. The van der Waals surface area contributed by atoms with Gasteiger partial charge >= 0.3 is 0 Å². The molecule has 1 aliphatic heterocycles. The molecule has 28 heavy (non-hydrogen) atoms. The molecule has 2 aliphatic rings. The van der Waals surface area contributed by atoms with Gasteiger partial charge in [0.2, 0.25) is 5.91 Å². The van der Waals surface area contributed by atoms with Gasteiger partial charge in [0, 0.05) is 30.8 Å². The molecule has 0 unspecified atom stereocenters. The van der Waals surface area contributed by atoms with Crippen molar-refractivity contribution in [3.8, 4) is 0 Å². The van der Waals surface area contributed by atoms with Crippen molar-refractivity contribution < 1.29 is 9.72 Å². The number of hydrogen-bond acceptors (Lipinski definition) is 4. The highest BCUT2D eigenvalue weighted by Crippen LogP contribution is 2.32. The predicted octanol–water partition coefficient (Wildman–Crippen LogP) is 4.73. The number of carbonyl (C=O) groups is 1. The molecule has 1 heterocycles. The van der Waals surface area contributed by atoms with Gasteiger partial charge in [0.25, 0.3) is 5.69 Å². The maximum absolute atomic E-state index is 13.0. The van der Waals surface area contributed by atoms with Gasteiger partial charge in [-0.25, -0.2) is 0 Å². The number of halogens is 3. The Morgan fingerprint density at radius 1 is 1.18 bits per heavy atom. The summed E-state index contributed by atoms with van der Waals surface area (Å²) in [5.74, 6) is -0.118. The topological polar surface area (TPSA) is 66.7 Å². The maximum atomic E-state index is 13.0. The number of likely N-dealkylation sites (N-methyl/N-ethyl adjacent to an activating group) is 1. The monoisotopic (exact) mass is 449 g/mol. The molecular weight excluding hydrogens is 425 g/mol. The summed E-state index contributed by atoms with van der Waals surface area (Å²) in [6.45, 7) is 2.20. The van der Waals surface area contributed by atoms with E-state index in [1.54, 1.807) is 4.90 Å². The van der Waals surface area contributed by atoms with Gasteiger partial charge < -0.3 is 4.90 Å². The van der Waals surface area contributed by atoms with E-state index in [0.717, 1.165) is 32.4 Å². The van der Waals surface area contributed by atoms with Crippen molar-refractivity contribution in [2.45, 2.75) is 57.0 Å². The van der Waals surface area contributed by atoms with Crippen LogP contribution in [0.25, 0.3) is 0 Å². The van der Waals surface area contributed by atoms with Gasteiger partial charge in [0.15, 0.2) is 0 Å². The highest BCUT2D eigenvalue weighted by molar-refractivity contribution is 6.42. The number of nitro groups is 1. The van der Waals surface area contributed by atoms with Crippen molar-refractivity contribution in [1.29, 1.82) is 0 Å². The van der Waals surface area contributed by atoms with Crippen LogP contribution in [0.4, 0.5) is 5.69 Å². The van der Waals surface area contributed by atoms with Gasteiger partial charge in [0.1, 0.15) is 0 Å². The average Bonchev–Trinajstić information content (AvgIpc) is 3.18. The normalized spacial score (nSPS) is 22.5. The Bertz CT molecular complexity index is 726. The van der Waals surface area contributed by atoms with Crippen molar-refractivity contribution >= 4 is 47.2 Å². The van der Waals surface area contributed by atoms with Gasteiger partial charge in [-0.1, -0.05) is 36.0 Å². The summed E-state index contributed by atoms with van der Waals surface area (Å²) in [5, 5.41) is 11.7. The minimum atomic E-state index is -0.515. The fourth-order valence-electron chi connectivity index (χ4n) is 4.40. The first-order valence-corrected chi connectivity index (χ1v) is 10.3. The third kappa shape index (κ3) is 5.09. The Labute approximate surface area is 181 Å². The predicted molar refractivity (Wildman–Crippen MR) is 114 cm³/mol. The van der Waals surface area contributed by atoms with Crippen LogP contribution in [0.15, 0.2) is 12.1 Å². The average molecular weight is 451 g/mol. The number of amides is 1. The van der Waals surface area contributed by atoms with E-state index in [4.69, 9.17) is 23.2 Å². The van der Waals surface area contributed by atoms with Crippen LogP contribution >= 0.6 is 35.6 Å². The quantitative estimate of drug-likeness (QED) is 0.480. The molecule has 1 aliphatic carbocycles. The second-order valence-corrected chi connectivity index (χ2v) is 8.31. The molecule has 3 rings (SSSR count). The van der Waals surface area contributed by atoms with Gasteiger partial charge in [-0.15, -0.1) is 12.4 Å². The standard InChI is InChI=1S/C19H25Cl2N3O3.ClH/c1-22(16-6-2-3-7-17(16)23-8-4-5-9-23)19(25)11-13-10-14(20)15(21)12-18(13)24(26)27;/h10,12,16-17H,2-9,11H2,1H3;1H/t16-,17-;/m1./s1. The van der Waals surface area contributed by atoms with Crippen LogP contribution in [0.1, 0.15) is 44.1 Å². The highest BCUT2D eigenvalue weighted by atomic mass is 35.5. The Balaban J connectivity index is 0.00000280. The Kier molecular flexibility index (Phi) is 8.37.